The molecule has 2 aromatic rings. The number of para-hydroxylation sites is 1. The third-order valence-corrected chi connectivity index (χ3v) is 4.92. The van der Waals surface area contributed by atoms with Crippen LogP contribution in [0.2, 0.25) is 0 Å². The molecule has 1 aliphatic heterocycles. The number of hydrogen-bond acceptors (Lipinski definition) is 2. The Balaban J connectivity index is 1.76. The van der Waals surface area contributed by atoms with Gasteiger partial charge < -0.3 is 10.2 Å². The highest BCUT2D eigenvalue weighted by Crippen LogP contribution is 2.31. The van der Waals surface area contributed by atoms with Crippen LogP contribution in [0, 0.1) is 0 Å². The summed E-state index contributed by atoms with van der Waals surface area (Å²) in [5.41, 5.74) is 1.93. The van der Waals surface area contributed by atoms with Gasteiger partial charge in [0.25, 0.3) is 15.6 Å². The van der Waals surface area contributed by atoms with Crippen LogP contribution in [0.5, 0.6) is 0 Å². The monoisotopic (exact) mass is 410 g/mol. The molecule has 0 bridgehead atoms. The molecule has 1 atom stereocenters. The first-order valence-corrected chi connectivity index (χ1v) is 9.31. The number of halogens is 3. The molecule has 0 spiro atoms. The van der Waals surface area contributed by atoms with E-state index in [-0.39, 0.29) is 5.91 Å². The molecule has 1 fully saturated rings. The molecule has 2 amide bonds. The minimum absolute atomic E-state index is 0.149. The van der Waals surface area contributed by atoms with Crippen molar-refractivity contribution in [3.63, 3.8) is 0 Å². The van der Waals surface area contributed by atoms with Crippen molar-refractivity contribution < 1.29 is 9.59 Å². The van der Waals surface area contributed by atoms with Crippen molar-refractivity contribution in [1.29, 1.82) is 0 Å². The van der Waals surface area contributed by atoms with E-state index in [2.05, 4.69) is 17.4 Å². The van der Waals surface area contributed by atoms with Crippen molar-refractivity contribution in [2.45, 2.75) is 16.1 Å². The normalized spacial score (nSPS) is 17.2. The Morgan fingerprint density at radius 1 is 1.00 bits per heavy atom. The third-order valence-electron chi connectivity index (χ3n) is 4.41. The number of carbonyl (C=O) groups is 2. The molecular formula is C19H17Cl3N2O2. The quantitative estimate of drug-likeness (QED) is 0.749. The Morgan fingerprint density at radius 3 is 2.35 bits per heavy atom. The summed E-state index contributed by atoms with van der Waals surface area (Å²) in [6, 6.07) is 16.9. The van der Waals surface area contributed by atoms with Gasteiger partial charge in [0.05, 0.1) is 11.3 Å². The van der Waals surface area contributed by atoms with Gasteiger partial charge in [-0.3, -0.25) is 9.59 Å². The lowest BCUT2D eigenvalue weighted by molar-refractivity contribution is -0.115. The topological polar surface area (TPSA) is 49.4 Å². The fraction of sp³-hybridized carbons (Fsp3) is 0.263. The van der Waals surface area contributed by atoms with E-state index < -0.39 is 9.70 Å². The number of hydrogen-bond donors (Lipinski definition) is 1. The zero-order chi connectivity index (χ0) is 18.7. The molecule has 0 aliphatic carbocycles. The molecule has 1 aliphatic rings. The van der Waals surface area contributed by atoms with E-state index in [0.717, 1.165) is 6.42 Å². The van der Waals surface area contributed by atoms with E-state index in [0.29, 0.717) is 30.3 Å². The molecule has 2 aromatic carbocycles. The Morgan fingerprint density at radius 2 is 1.65 bits per heavy atom. The molecule has 1 unspecified atom stereocenters. The second-order valence-corrected chi connectivity index (χ2v) is 8.43. The number of rotatable bonds is 3. The van der Waals surface area contributed by atoms with Crippen LogP contribution in [0.1, 0.15) is 28.3 Å². The van der Waals surface area contributed by atoms with E-state index >= 15 is 0 Å². The van der Waals surface area contributed by atoms with Crippen molar-refractivity contribution in [2.24, 2.45) is 0 Å². The molecule has 7 heteroatoms. The molecular weight excluding hydrogens is 395 g/mol. The SMILES string of the molecule is O=C(c1ccccc1NC(=O)C(Cl)(Cl)Cl)N1CCC(c2ccccc2)C1. The summed E-state index contributed by atoms with van der Waals surface area (Å²) in [7, 11) is 0. The molecule has 0 radical (unpaired) electrons. The smallest absolute Gasteiger partial charge is 0.276 e. The standard InChI is InChI=1S/C19H17Cl3N2O2/c20-19(21,22)18(26)23-16-9-5-4-8-15(16)17(25)24-11-10-14(12-24)13-6-2-1-3-7-13/h1-9,14H,10-12H2,(H,23,26). The maximum Gasteiger partial charge on any atom is 0.276 e. The van der Waals surface area contributed by atoms with Crippen molar-refractivity contribution in [2.75, 3.05) is 18.4 Å². The predicted octanol–water partition coefficient (Wildman–Crippen LogP) is 4.63. The van der Waals surface area contributed by atoms with Gasteiger partial charge in [-0.05, 0) is 24.1 Å². The largest absolute Gasteiger partial charge is 0.338 e. The number of alkyl halides is 3. The first-order chi connectivity index (χ1) is 12.4. The molecule has 26 heavy (non-hydrogen) atoms. The van der Waals surface area contributed by atoms with Gasteiger partial charge >= 0.3 is 0 Å². The van der Waals surface area contributed by atoms with Gasteiger partial charge in [-0.25, -0.2) is 0 Å². The molecule has 3 rings (SSSR count). The van der Waals surface area contributed by atoms with E-state index in [1.165, 1.54) is 5.56 Å². The van der Waals surface area contributed by atoms with Crippen molar-refractivity contribution in [3.05, 3.63) is 65.7 Å². The minimum Gasteiger partial charge on any atom is -0.338 e. The lowest BCUT2D eigenvalue weighted by Crippen LogP contribution is -2.31. The fourth-order valence-corrected chi connectivity index (χ4v) is 3.23. The Labute approximate surface area is 167 Å². The zero-order valence-electron chi connectivity index (χ0n) is 13.8. The van der Waals surface area contributed by atoms with Gasteiger partial charge in [0.1, 0.15) is 0 Å². The summed E-state index contributed by atoms with van der Waals surface area (Å²) in [5, 5.41) is 2.52. The van der Waals surface area contributed by atoms with Gasteiger partial charge in [0.15, 0.2) is 0 Å². The highest BCUT2D eigenvalue weighted by molar-refractivity contribution is 6.76. The molecule has 136 valence electrons. The van der Waals surface area contributed by atoms with E-state index in [4.69, 9.17) is 34.8 Å². The summed E-state index contributed by atoms with van der Waals surface area (Å²) in [6.45, 7) is 1.29. The number of nitrogens with one attached hydrogen (secondary N) is 1. The van der Waals surface area contributed by atoms with Gasteiger partial charge in [-0.2, -0.15) is 0 Å². The van der Waals surface area contributed by atoms with Crippen LogP contribution in [0.25, 0.3) is 0 Å². The van der Waals surface area contributed by atoms with E-state index in [9.17, 15) is 9.59 Å². The average molecular weight is 412 g/mol. The van der Waals surface area contributed by atoms with Gasteiger partial charge in [-0.1, -0.05) is 77.3 Å². The number of carbonyl (C=O) groups excluding carboxylic acids is 2. The highest BCUT2D eigenvalue weighted by Gasteiger charge is 2.33. The fourth-order valence-electron chi connectivity index (χ4n) is 3.08. The lowest BCUT2D eigenvalue weighted by Gasteiger charge is -2.20. The molecule has 1 N–H and O–H groups in total. The second kappa shape index (κ2) is 7.87. The summed E-state index contributed by atoms with van der Waals surface area (Å²) < 4.78 is -2.10. The maximum atomic E-state index is 13.0. The van der Waals surface area contributed by atoms with Gasteiger partial charge in [0, 0.05) is 19.0 Å². The van der Waals surface area contributed by atoms with Crippen LogP contribution < -0.4 is 5.32 Å². The van der Waals surface area contributed by atoms with E-state index in [1.807, 2.05) is 18.2 Å². The Hall–Kier alpha value is -1.75. The summed E-state index contributed by atoms with van der Waals surface area (Å²) in [5.74, 6) is -0.641. The van der Waals surface area contributed by atoms with Crippen molar-refractivity contribution in [1.82, 2.24) is 4.90 Å². The van der Waals surface area contributed by atoms with Crippen LogP contribution in [0.4, 0.5) is 5.69 Å². The predicted molar refractivity (Wildman–Crippen MR) is 105 cm³/mol. The second-order valence-electron chi connectivity index (χ2n) is 6.14. The number of likely N-dealkylation sites (tertiary alicyclic amines) is 1. The molecule has 0 aromatic heterocycles. The average Bonchev–Trinajstić information content (AvgIpc) is 3.12. The van der Waals surface area contributed by atoms with Crippen LogP contribution in [0.15, 0.2) is 54.6 Å². The minimum atomic E-state index is -2.10. The van der Waals surface area contributed by atoms with Gasteiger partial charge in [0.2, 0.25) is 0 Å². The van der Waals surface area contributed by atoms with Crippen molar-refractivity contribution in [3.8, 4) is 0 Å². The molecule has 1 heterocycles. The summed E-state index contributed by atoms with van der Waals surface area (Å²) in [4.78, 5) is 26.7. The van der Waals surface area contributed by atoms with E-state index in [1.54, 1.807) is 29.2 Å². The number of nitrogens with zero attached hydrogens (tertiary/aromatic N) is 1. The number of amides is 2. The third kappa shape index (κ3) is 4.32. The summed E-state index contributed by atoms with van der Waals surface area (Å²) in [6.07, 6.45) is 0.901. The maximum absolute atomic E-state index is 13.0. The number of anilines is 1. The van der Waals surface area contributed by atoms with Crippen LogP contribution in [-0.4, -0.2) is 33.6 Å². The van der Waals surface area contributed by atoms with Crippen LogP contribution in [0.3, 0.4) is 0 Å². The Bertz CT molecular complexity index is 806. The first-order valence-electron chi connectivity index (χ1n) is 8.17. The summed E-state index contributed by atoms with van der Waals surface area (Å²) >= 11 is 16.8. The lowest BCUT2D eigenvalue weighted by atomic mass is 9.99. The zero-order valence-corrected chi connectivity index (χ0v) is 16.1. The number of benzene rings is 2. The Kier molecular flexibility index (Phi) is 5.76. The van der Waals surface area contributed by atoms with Gasteiger partial charge in [-0.15, -0.1) is 0 Å². The van der Waals surface area contributed by atoms with Crippen LogP contribution >= 0.6 is 34.8 Å². The van der Waals surface area contributed by atoms with Crippen molar-refractivity contribution >= 4 is 52.3 Å². The molecule has 1 saturated heterocycles. The van der Waals surface area contributed by atoms with Crippen LogP contribution in [-0.2, 0) is 4.79 Å². The molecule has 0 saturated carbocycles. The highest BCUT2D eigenvalue weighted by atomic mass is 35.6. The molecule has 4 nitrogen and oxygen atoms in total. The first kappa shape index (κ1) is 19.0.